The Morgan fingerprint density at radius 3 is 2.62 bits per heavy atom. The first kappa shape index (κ1) is 11.4. The van der Waals surface area contributed by atoms with Crippen LogP contribution in [0.5, 0.6) is 0 Å². The first-order chi connectivity index (χ1) is 7.46. The fourth-order valence-corrected chi connectivity index (χ4v) is 3.25. The van der Waals surface area contributed by atoms with E-state index in [2.05, 4.69) is 9.44 Å². The fraction of sp³-hybridized carbons (Fsp3) is 0.375. The lowest BCUT2D eigenvalue weighted by Gasteiger charge is -2.05. The van der Waals surface area contributed by atoms with Gasteiger partial charge in [-0.2, -0.15) is 13.1 Å². The predicted octanol–water partition coefficient (Wildman–Crippen LogP) is 0.855. The van der Waals surface area contributed by atoms with Gasteiger partial charge in [-0.25, -0.2) is 4.79 Å². The maximum absolute atomic E-state index is 11.5. The highest BCUT2D eigenvalue weighted by Crippen LogP contribution is 2.24. The number of thiophene rings is 1. The molecule has 0 atom stereocenters. The quantitative estimate of drug-likeness (QED) is 0.733. The summed E-state index contributed by atoms with van der Waals surface area (Å²) in [6.07, 6.45) is 1.71. The van der Waals surface area contributed by atoms with Gasteiger partial charge in [-0.05, 0) is 25.0 Å². The average Bonchev–Trinajstić information content (AvgIpc) is 2.80. The second-order valence-corrected chi connectivity index (χ2v) is 6.00. The maximum atomic E-state index is 11.5. The van der Waals surface area contributed by atoms with Crippen LogP contribution in [0.1, 0.15) is 22.5 Å². The van der Waals surface area contributed by atoms with Gasteiger partial charge in [0.1, 0.15) is 9.88 Å². The molecule has 1 saturated carbocycles. The lowest BCUT2D eigenvalue weighted by atomic mass is 10.5. The monoisotopic (exact) mass is 262 g/mol. The van der Waals surface area contributed by atoms with E-state index in [1.807, 2.05) is 0 Å². The Morgan fingerprint density at radius 2 is 2.12 bits per heavy atom. The largest absolute Gasteiger partial charge is 0.477 e. The van der Waals surface area contributed by atoms with Crippen molar-refractivity contribution in [2.24, 2.45) is 0 Å². The SMILES string of the molecule is O=C(O)c1ccc(NS(=O)(=O)NC2CC2)s1. The van der Waals surface area contributed by atoms with E-state index in [-0.39, 0.29) is 10.9 Å². The lowest BCUT2D eigenvalue weighted by Crippen LogP contribution is -2.31. The topological polar surface area (TPSA) is 95.5 Å². The molecule has 0 unspecified atom stereocenters. The standard InChI is InChI=1S/C8H10N2O4S2/c11-8(12)6-3-4-7(15-6)10-16(13,14)9-5-1-2-5/h3-5,9-10H,1-2H2,(H,11,12). The normalized spacial score (nSPS) is 16.0. The van der Waals surface area contributed by atoms with Gasteiger partial charge in [0.2, 0.25) is 0 Å². The summed E-state index contributed by atoms with van der Waals surface area (Å²) in [6, 6.07) is 2.82. The molecule has 1 fully saturated rings. The Balaban J connectivity index is 2.04. The third-order valence-electron chi connectivity index (χ3n) is 1.95. The molecule has 0 spiro atoms. The Labute approximate surface area is 96.5 Å². The molecule has 0 amide bonds. The van der Waals surface area contributed by atoms with Crippen molar-refractivity contribution in [3.05, 3.63) is 17.0 Å². The summed E-state index contributed by atoms with van der Waals surface area (Å²) in [5.41, 5.74) is 0. The van der Waals surface area contributed by atoms with Crippen molar-refractivity contribution in [2.75, 3.05) is 4.72 Å². The molecule has 0 saturated heterocycles. The van der Waals surface area contributed by atoms with Crippen molar-refractivity contribution in [2.45, 2.75) is 18.9 Å². The molecule has 6 nitrogen and oxygen atoms in total. The minimum atomic E-state index is -3.57. The van der Waals surface area contributed by atoms with Crippen LogP contribution in [0.15, 0.2) is 12.1 Å². The van der Waals surface area contributed by atoms with Gasteiger partial charge in [-0.3, -0.25) is 4.72 Å². The molecule has 3 N–H and O–H groups in total. The summed E-state index contributed by atoms with van der Waals surface area (Å²) in [4.78, 5) is 10.7. The zero-order valence-electron chi connectivity index (χ0n) is 8.13. The van der Waals surface area contributed by atoms with Crippen LogP contribution in [0, 0.1) is 0 Å². The van der Waals surface area contributed by atoms with Gasteiger partial charge in [0.25, 0.3) is 10.2 Å². The number of hydrogen-bond donors (Lipinski definition) is 3. The van der Waals surface area contributed by atoms with Gasteiger partial charge < -0.3 is 5.11 Å². The van der Waals surface area contributed by atoms with Crippen LogP contribution < -0.4 is 9.44 Å². The van der Waals surface area contributed by atoms with E-state index in [1.165, 1.54) is 12.1 Å². The first-order valence-corrected chi connectivity index (χ1v) is 6.89. The van der Waals surface area contributed by atoms with Gasteiger partial charge in [0.05, 0.1) is 0 Å². The minimum absolute atomic E-state index is 0.0245. The Bertz CT molecular complexity index is 504. The van der Waals surface area contributed by atoms with Crippen LogP contribution in [-0.2, 0) is 10.2 Å². The van der Waals surface area contributed by atoms with Crippen LogP contribution in [0.2, 0.25) is 0 Å². The molecule has 88 valence electrons. The highest BCUT2D eigenvalue weighted by Gasteiger charge is 2.27. The zero-order valence-corrected chi connectivity index (χ0v) is 9.77. The number of carbonyl (C=O) groups is 1. The van der Waals surface area contributed by atoms with E-state index in [0.29, 0.717) is 5.00 Å². The van der Waals surface area contributed by atoms with Gasteiger partial charge in [0.15, 0.2) is 0 Å². The zero-order chi connectivity index (χ0) is 11.8. The number of anilines is 1. The molecule has 16 heavy (non-hydrogen) atoms. The van der Waals surface area contributed by atoms with Gasteiger partial charge in [-0.1, -0.05) is 0 Å². The molecule has 1 aliphatic carbocycles. The summed E-state index contributed by atoms with van der Waals surface area (Å²) >= 11 is 0.886. The van der Waals surface area contributed by atoms with Crippen molar-refractivity contribution in [3.8, 4) is 0 Å². The summed E-state index contributed by atoms with van der Waals surface area (Å²) in [5, 5.41) is 8.97. The molecule has 2 rings (SSSR count). The molecule has 1 heterocycles. The van der Waals surface area contributed by atoms with E-state index in [4.69, 9.17) is 5.11 Å². The van der Waals surface area contributed by atoms with E-state index >= 15 is 0 Å². The average molecular weight is 262 g/mol. The van der Waals surface area contributed by atoms with Crippen LogP contribution in [0.4, 0.5) is 5.00 Å². The van der Waals surface area contributed by atoms with Gasteiger partial charge in [-0.15, -0.1) is 11.3 Å². The molecular formula is C8H10N2O4S2. The van der Waals surface area contributed by atoms with Crippen molar-refractivity contribution in [1.29, 1.82) is 0 Å². The number of carboxylic acid groups (broad SMARTS) is 1. The Kier molecular flexibility index (Phi) is 2.87. The van der Waals surface area contributed by atoms with E-state index < -0.39 is 16.2 Å². The smallest absolute Gasteiger partial charge is 0.345 e. The lowest BCUT2D eigenvalue weighted by molar-refractivity contribution is 0.0702. The second-order valence-electron chi connectivity index (χ2n) is 3.47. The third-order valence-corrected chi connectivity index (χ3v) is 4.20. The molecule has 1 aromatic heterocycles. The molecule has 8 heteroatoms. The minimum Gasteiger partial charge on any atom is -0.477 e. The van der Waals surface area contributed by atoms with Crippen molar-refractivity contribution in [1.82, 2.24) is 4.72 Å². The van der Waals surface area contributed by atoms with Crippen LogP contribution in [0.3, 0.4) is 0 Å². The third kappa shape index (κ3) is 2.94. The number of carboxylic acids is 1. The predicted molar refractivity (Wildman–Crippen MR) is 60.0 cm³/mol. The molecule has 0 bridgehead atoms. The Morgan fingerprint density at radius 1 is 1.44 bits per heavy atom. The number of hydrogen-bond acceptors (Lipinski definition) is 4. The summed E-state index contributed by atoms with van der Waals surface area (Å²) in [7, 11) is -3.57. The summed E-state index contributed by atoms with van der Waals surface area (Å²) in [6.45, 7) is 0. The van der Waals surface area contributed by atoms with Crippen molar-refractivity contribution < 1.29 is 18.3 Å². The molecule has 0 radical (unpaired) electrons. The van der Waals surface area contributed by atoms with Crippen molar-refractivity contribution in [3.63, 3.8) is 0 Å². The van der Waals surface area contributed by atoms with Crippen LogP contribution in [0.25, 0.3) is 0 Å². The highest BCUT2D eigenvalue weighted by atomic mass is 32.2. The highest BCUT2D eigenvalue weighted by molar-refractivity contribution is 7.91. The number of rotatable bonds is 5. The molecule has 1 aromatic rings. The summed E-state index contributed by atoms with van der Waals surface area (Å²) < 4.78 is 27.7. The van der Waals surface area contributed by atoms with Gasteiger partial charge >= 0.3 is 5.97 Å². The van der Waals surface area contributed by atoms with Crippen LogP contribution in [-0.4, -0.2) is 25.5 Å². The molecule has 0 aromatic carbocycles. The van der Waals surface area contributed by atoms with E-state index in [0.717, 1.165) is 24.2 Å². The van der Waals surface area contributed by atoms with Crippen molar-refractivity contribution >= 4 is 32.5 Å². The molecule has 1 aliphatic rings. The maximum Gasteiger partial charge on any atom is 0.345 e. The van der Waals surface area contributed by atoms with Gasteiger partial charge in [0, 0.05) is 6.04 Å². The number of aromatic carboxylic acids is 1. The van der Waals surface area contributed by atoms with E-state index in [9.17, 15) is 13.2 Å². The first-order valence-electron chi connectivity index (χ1n) is 4.59. The van der Waals surface area contributed by atoms with Crippen LogP contribution >= 0.6 is 11.3 Å². The Hall–Kier alpha value is -1.12. The number of nitrogens with one attached hydrogen (secondary N) is 2. The van der Waals surface area contributed by atoms with E-state index in [1.54, 1.807) is 0 Å². The summed E-state index contributed by atoms with van der Waals surface area (Å²) in [5.74, 6) is -1.06. The fourth-order valence-electron chi connectivity index (χ4n) is 1.09. The second kappa shape index (κ2) is 4.04. The molecular weight excluding hydrogens is 252 g/mol. The molecule has 0 aliphatic heterocycles.